The average molecular weight is 385 g/mol. The summed E-state index contributed by atoms with van der Waals surface area (Å²) in [4.78, 5) is 8.81. The summed E-state index contributed by atoms with van der Waals surface area (Å²) in [6.07, 6.45) is 4.29. The molecule has 0 radical (unpaired) electrons. The lowest BCUT2D eigenvalue weighted by atomic mass is 9.95. The normalized spacial score (nSPS) is 19.6. The molecule has 1 aromatic carbocycles. The molecule has 0 spiro atoms. The first-order valence-corrected chi connectivity index (χ1v) is 10.8. The molecule has 0 aliphatic carbocycles. The zero-order valence-electron chi connectivity index (χ0n) is 16.4. The van der Waals surface area contributed by atoms with E-state index < -0.39 is 0 Å². The van der Waals surface area contributed by atoms with Gasteiger partial charge in [-0.15, -0.1) is 5.10 Å². The minimum absolute atomic E-state index is 0.0530. The maximum absolute atomic E-state index is 11.0. The van der Waals surface area contributed by atoms with Crippen LogP contribution in [0.1, 0.15) is 61.5 Å². The fourth-order valence-corrected chi connectivity index (χ4v) is 5.18. The molecule has 144 valence electrons. The van der Waals surface area contributed by atoms with Gasteiger partial charge >= 0.3 is 0 Å². The second-order valence-corrected chi connectivity index (χ2v) is 8.61. The number of aromatic nitrogens is 3. The van der Waals surface area contributed by atoms with Crippen LogP contribution < -0.4 is 0 Å². The molecule has 2 aromatic heterocycles. The third-order valence-corrected chi connectivity index (χ3v) is 6.64. The van der Waals surface area contributed by atoms with Crippen molar-refractivity contribution >= 4 is 16.3 Å². The summed E-state index contributed by atoms with van der Waals surface area (Å²) in [5.74, 6) is 1.69. The molecule has 0 saturated carbocycles. The zero-order valence-corrected chi connectivity index (χ0v) is 17.2. The number of hydrogen-bond donors (Lipinski definition) is 1. The fourth-order valence-electron chi connectivity index (χ4n) is 4.04. The van der Waals surface area contributed by atoms with Crippen LogP contribution in [0.5, 0.6) is 5.88 Å². The quantitative estimate of drug-likeness (QED) is 0.706. The molecule has 1 fully saturated rings. The molecule has 6 heteroatoms. The van der Waals surface area contributed by atoms with Crippen molar-refractivity contribution in [3.8, 4) is 5.88 Å². The Balaban J connectivity index is 1.79. The molecule has 3 aromatic rings. The smallest absolute Gasteiger partial charge is 0.230 e. The molecule has 1 aliphatic rings. The van der Waals surface area contributed by atoms with Gasteiger partial charge in [0.2, 0.25) is 10.8 Å². The van der Waals surface area contributed by atoms with Crippen molar-refractivity contribution in [3.63, 3.8) is 0 Å². The molecular formula is C21H28N4OS. The molecule has 0 bridgehead atoms. The summed E-state index contributed by atoms with van der Waals surface area (Å²) >= 11 is 1.57. The van der Waals surface area contributed by atoms with Crippen molar-refractivity contribution in [2.45, 2.75) is 52.5 Å². The second kappa shape index (κ2) is 7.60. The SMILES string of the molecule is CCc1ccc([C@@H](c2sc3nc(CC)nn3c2O)N2CCC[C@H](C)C2)cc1. The maximum atomic E-state index is 11.0. The van der Waals surface area contributed by atoms with Gasteiger partial charge in [0, 0.05) is 13.0 Å². The van der Waals surface area contributed by atoms with Gasteiger partial charge < -0.3 is 5.11 Å². The number of benzene rings is 1. The Bertz CT molecular complexity index is 914. The van der Waals surface area contributed by atoms with E-state index in [1.807, 2.05) is 6.92 Å². The number of likely N-dealkylation sites (tertiary alicyclic amines) is 1. The Kier molecular flexibility index (Phi) is 5.19. The largest absolute Gasteiger partial charge is 0.492 e. The Labute approximate surface area is 164 Å². The number of rotatable bonds is 5. The van der Waals surface area contributed by atoms with E-state index in [0.29, 0.717) is 5.92 Å². The molecule has 4 rings (SSSR count). The van der Waals surface area contributed by atoms with E-state index in [1.54, 1.807) is 15.9 Å². The van der Waals surface area contributed by atoms with Crippen molar-refractivity contribution in [3.05, 3.63) is 46.1 Å². The van der Waals surface area contributed by atoms with Gasteiger partial charge in [-0.1, -0.05) is 56.4 Å². The third kappa shape index (κ3) is 3.48. The maximum Gasteiger partial charge on any atom is 0.230 e. The number of piperidine rings is 1. The number of aromatic hydroxyl groups is 1. The molecule has 1 N–H and O–H groups in total. The lowest BCUT2D eigenvalue weighted by Crippen LogP contribution is -2.37. The van der Waals surface area contributed by atoms with Gasteiger partial charge in [-0.05, 0) is 42.9 Å². The molecule has 3 heterocycles. The van der Waals surface area contributed by atoms with Crippen LogP contribution in [0.25, 0.3) is 4.96 Å². The summed E-state index contributed by atoms with van der Waals surface area (Å²) < 4.78 is 1.61. The van der Waals surface area contributed by atoms with Gasteiger partial charge in [-0.3, -0.25) is 4.90 Å². The lowest BCUT2D eigenvalue weighted by molar-refractivity contribution is 0.149. The van der Waals surface area contributed by atoms with Crippen molar-refractivity contribution < 1.29 is 5.11 Å². The van der Waals surface area contributed by atoms with Crippen LogP contribution in [-0.4, -0.2) is 37.7 Å². The molecule has 27 heavy (non-hydrogen) atoms. The predicted molar refractivity (Wildman–Crippen MR) is 110 cm³/mol. The summed E-state index contributed by atoms with van der Waals surface area (Å²) in [6, 6.07) is 8.90. The summed E-state index contributed by atoms with van der Waals surface area (Å²) in [5, 5.41) is 15.4. The van der Waals surface area contributed by atoms with Crippen LogP contribution in [0.3, 0.4) is 0 Å². The minimum atomic E-state index is 0.0530. The van der Waals surface area contributed by atoms with Crippen LogP contribution in [-0.2, 0) is 12.8 Å². The van der Waals surface area contributed by atoms with Crippen LogP contribution >= 0.6 is 11.3 Å². The molecule has 1 saturated heterocycles. The van der Waals surface area contributed by atoms with Crippen LogP contribution in [0, 0.1) is 5.92 Å². The monoisotopic (exact) mass is 384 g/mol. The van der Waals surface area contributed by atoms with Crippen LogP contribution in [0.4, 0.5) is 0 Å². The van der Waals surface area contributed by atoms with Crippen molar-refractivity contribution in [1.82, 2.24) is 19.5 Å². The van der Waals surface area contributed by atoms with Crippen LogP contribution in [0.15, 0.2) is 24.3 Å². The summed E-state index contributed by atoms with van der Waals surface area (Å²) in [7, 11) is 0. The molecule has 5 nitrogen and oxygen atoms in total. The van der Waals surface area contributed by atoms with E-state index in [1.165, 1.54) is 24.0 Å². The first-order valence-electron chi connectivity index (χ1n) is 10.0. The number of nitrogens with zero attached hydrogens (tertiary/aromatic N) is 4. The van der Waals surface area contributed by atoms with E-state index in [-0.39, 0.29) is 11.9 Å². The predicted octanol–water partition coefficient (Wildman–Crippen LogP) is 4.44. The Hall–Kier alpha value is -1.92. The highest BCUT2D eigenvalue weighted by Crippen LogP contribution is 2.41. The number of thiazole rings is 1. The Morgan fingerprint density at radius 2 is 2.00 bits per heavy atom. The topological polar surface area (TPSA) is 53.7 Å². The molecule has 0 amide bonds. The molecule has 0 unspecified atom stereocenters. The van der Waals surface area contributed by atoms with E-state index in [4.69, 9.17) is 0 Å². The van der Waals surface area contributed by atoms with E-state index in [2.05, 4.69) is 53.1 Å². The Morgan fingerprint density at radius 3 is 2.63 bits per heavy atom. The first kappa shape index (κ1) is 18.4. The average Bonchev–Trinajstić information content (AvgIpc) is 3.22. The van der Waals surface area contributed by atoms with Gasteiger partial charge in [-0.25, -0.2) is 4.98 Å². The highest BCUT2D eigenvalue weighted by Gasteiger charge is 2.31. The number of aryl methyl sites for hydroxylation is 2. The second-order valence-electron chi connectivity index (χ2n) is 7.61. The van der Waals surface area contributed by atoms with E-state index in [0.717, 1.165) is 41.6 Å². The number of hydrogen-bond acceptors (Lipinski definition) is 5. The molecule has 2 atom stereocenters. The highest BCUT2D eigenvalue weighted by molar-refractivity contribution is 7.17. The Morgan fingerprint density at radius 1 is 1.22 bits per heavy atom. The van der Waals surface area contributed by atoms with Crippen LogP contribution in [0.2, 0.25) is 0 Å². The fraction of sp³-hybridized carbons (Fsp3) is 0.524. The van der Waals surface area contributed by atoms with Gasteiger partial charge in [0.25, 0.3) is 0 Å². The van der Waals surface area contributed by atoms with E-state index >= 15 is 0 Å². The lowest BCUT2D eigenvalue weighted by Gasteiger charge is -2.37. The van der Waals surface area contributed by atoms with Crippen molar-refractivity contribution in [1.29, 1.82) is 0 Å². The first-order chi connectivity index (χ1) is 13.1. The van der Waals surface area contributed by atoms with Gasteiger partial charge in [0.05, 0.1) is 10.9 Å². The highest BCUT2D eigenvalue weighted by atomic mass is 32.1. The molecular weight excluding hydrogens is 356 g/mol. The minimum Gasteiger partial charge on any atom is -0.492 e. The van der Waals surface area contributed by atoms with Crippen molar-refractivity contribution in [2.24, 2.45) is 5.92 Å². The summed E-state index contributed by atoms with van der Waals surface area (Å²) in [5.41, 5.74) is 2.57. The van der Waals surface area contributed by atoms with Gasteiger partial charge in [0.15, 0.2) is 5.82 Å². The summed E-state index contributed by atoms with van der Waals surface area (Å²) in [6.45, 7) is 8.63. The van der Waals surface area contributed by atoms with Crippen molar-refractivity contribution in [2.75, 3.05) is 13.1 Å². The van der Waals surface area contributed by atoms with Gasteiger partial charge in [-0.2, -0.15) is 4.52 Å². The van der Waals surface area contributed by atoms with E-state index in [9.17, 15) is 5.11 Å². The van der Waals surface area contributed by atoms with Gasteiger partial charge in [0.1, 0.15) is 0 Å². The molecule has 1 aliphatic heterocycles. The standard InChI is InChI=1S/C21H28N4OS/c1-4-15-8-10-16(11-9-15)18(24-12-6-7-14(3)13-24)19-20(26)25-21(27-19)22-17(5-2)23-25/h8-11,14,18,26H,4-7,12-13H2,1-3H3/t14-,18-/m0/s1. The third-order valence-electron chi connectivity index (χ3n) is 5.57. The zero-order chi connectivity index (χ0) is 19.0. The number of fused-ring (bicyclic) bond motifs is 1.